The van der Waals surface area contributed by atoms with Gasteiger partial charge in [-0.2, -0.15) is 0 Å². The highest BCUT2D eigenvalue weighted by Crippen LogP contribution is 2.34. The van der Waals surface area contributed by atoms with Crippen LogP contribution in [0.2, 0.25) is 0 Å². The maximum atomic E-state index is 12.0. The third kappa shape index (κ3) is 3.51. The number of nitrogens with one attached hydrogen (secondary N) is 2. The molecule has 0 spiro atoms. The highest BCUT2D eigenvalue weighted by Gasteiger charge is 2.34. The molecule has 3 fully saturated rings. The number of carbonyl (C=O) groups excluding carboxylic acids is 2. The summed E-state index contributed by atoms with van der Waals surface area (Å²) in [6, 6.07) is 0.532. The first-order chi connectivity index (χ1) is 9.72. The first-order valence-corrected chi connectivity index (χ1v) is 8.07. The van der Waals surface area contributed by atoms with Crippen LogP contribution in [0.15, 0.2) is 0 Å². The number of hydrogen-bond acceptors (Lipinski definition) is 3. The quantitative estimate of drug-likeness (QED) is 0.825. The molecule has 1 aliphatic heterocycles. The topological polar surface area (TPSA) is 61.4 Å². The molecule has 3 rings (SSSR count). The van der Waals surface area contributed by atoms with Crippen molar-refractivity contribution in [1.82, 2.24) is 15.5 Å². The van der Waals surface area contributed by atoms with Gasteiger partial charge in [-0.15, -0.1) is 0 Å². The summed E-state index contributed by atoms with van der Waals surface area (Å²) >= 11 is 0. The Hall–Kier alpha value is -1.10. The van der Waals surface area contributed by atoms with Gasteiger partial charge in [-0.05, 0) is 51.0 Å². The van der Waals surface area contributed by atoms with Crippen molar-refractivity contribution in [3.63, 3.8) is 0 Å². The van der Waals surface area contributed by atoms with Gasteiger partial charge < -0.3 is 5.32 Å². The number of amides is 3. The standard InChI is InChI=1S/C15H25N3O2/c19-14(17-15(20)16-12-7-8-12)10-18-9-3-5-11-4-1-2-6-13(11)18/h11-13H,1-10H2,(H2,16,17,19,20)/t11-,13-/m0/s1. The molecule has 5 heteroatoms. The van der Waals surface area contributed by atoms with Gasteiger partial charge in [0, 0.05) is 12.1 Å². The van der Waals surface area contributed by atoms with Gasteiger partial charge in [-0.25, -0.2) is 4.79 Å². The second kappa shape index (κ2) is 6.12. The predicted molar refractivity (Wildman–Crippen MR) is 76.2 cm³/mol. The first kappa shape index (κ1) is 13.9. The molecule has 5 nitrogen and oxygen atoms in total. The molecule has 3 amide bonds. The minimum Gasteiger partial charge on any atom is -0.335 e. The highest BCUT2D eigenvalue weighted by molar-refractivity contribution is 5.95. The van der Waals surface area contributed by atoms with Gasteiger partial charge in [0.05, 0.1) is 6.54 Å². The Balaban J connectivity index is 1.47. The third-order valence-corrected chi connectivity index (χ3v) is 4.87. The van der Waals surface area contributed by atoms with Crippen molar-refractivity contribution in [1.29, 1.82) is 0 Å². The molecule has 1 saturated heterocycles. The lowest BCUT2D eigenvalue weighted by atomic mass is 9.78. The van der Waals surface area contributed by atoms with Gasteiger partial charge in [0.25, 0.3) is 0 Å². The van der Waals surface area contributed by atoms with E-state index in [0.29, 0.717) is 18.6 Å². The van der Waals surface area contributed by atoms with Gasteiger partial charge in [-0.1, -0.05) is 12.8 Å². The minimum atomic E-state index is -0.324. The van der Waals surface area contributed by atoms with Crippen molar-refractivity contribution in [3.05, 3.63) is 0 Å². The fraction of sp³-hybridized carbons (Fsp3) is 0.867. The summed E-state index contributed by atoms with van der Waals surface area (Å²) in [4.78, 5) is 25.8. The molecule has 0 aromatic carbocycles. The summed E-state index contributed by atoms with van der Waals surface area (Å²) in [5, 5.41) is 5.25. The van der Waals surface area contributed by atoms with Crippen LogP contribution in [0.3, 0.4) is 0 Å². The number of imide groups is 1. The molecule has 2 aliphatic carbocycles. The van der Waals surface area contributed by atoms with Crippen LogP contribution in [-0.4, -0.2) is 42.0 Å². The van der Waals surface area contributed by atoms with E-state index in [2.05, 4.69) is 15.5 Å². The average Bonchev–Trinajstić information content (AvgIpc) is 3.22. The molecule has 20 heavy (non-hydrogen) atoms. The lowest BCUT2D eigenvalue weighted by Crippen LogP contribution is -2.52. The van der Waals surface area contributed by atoms with Crippen molar-refractivity contribution in [2.75, 3.05) is 13.1 Å². The lowest BCUT2D eigenvalue weighted by molar-refractivity contribution is -0.122. The molecule has 3 aliphatic rings. The smallest absolute Gasteiger partial charge is 0.321 e. The Kier molecular flexibility index (Phi) is 4.24. The maximum absolute atomic E-state index is 12.0. The average molecular weight is 279 g/mol. The largest absolute Gasteiger partial charge is 0.335 e. The number of hydrogen-bond donors (Lipinski definition) is 2. The van der Waals surface area contributed by atoms with Gasteiger partial charge >= 0.3 is 6.03 Å². The molecule has 0 aromatic rings. The molecule has 2 N–H and O–H groups in total. The summed E-state index contributed by atoms with van der Waals surface area (Å²) in [5.41, 5.74) is 0. The Morgan fingerprint density at radius 1 is 1.00 bits per heavy atom. The second-order valence-corrected chi connectivity index (χ2v) is 6.52. The van der Waals surface area contributed by atoms with E-state index in [-0.39, 0.29) is 11.9 Å². The van der Waals surface area contributed by atoms with Crippen molar-refractivity contribution in [3.8, 4) is 0 Å². The zero-order valence-corrected chi connectivity index (χ0v) is 12.1. The molecule has 0 unspecified atom stereocenters. The van der Waals surface area contributed by atoms with Crippen LogP contribution in [-0.2, 0) is 4.79 Å². The zero-order chi connectivity index (χ0) is 13.9. The Bertz CT molecular complexity index is 379. The van der Waals surface area contributed by atoms with E-state index in [1.165, 1.54) is 38.5 Å². The maximum Gasteiger partial charge on any atom is 0.321 e. The third-order valence-electron chi connectivity index (χ3n) is 4.87. The summed E-state index contributed by atoms with van der Waals surface area (Å²) in [6.45, 7) is 1.37. The van der Waals surface area contributed by atoms with Gasteiger partial charge in [0.2, 0.25) is 5.91 Å². The fourth-order valence-corrected chi connectivity index (χ4v) is 3.72. The molecule has 2 saturated carbocycles. The minimum absolute atomic E-state index is 0.158. The van der Waals surface area contributed by atoms with Gasteiger partial charge in [0.1, 0.15) is 0 Å². The number of fused-ring (bicyclic) bond motifs is 1. The van der Waals surface area contributed by atoms with Crippen LogP contribution in [0.25, 0.3) is 0 Å². The van der Waals surface area contributed by atoms with E-state index in [4.69, 9.17) is 0 Å². The number of carbonyl (C=O) groups is 2. The van der Waals surface area contributed by atoms with Crippen LogP contribution in [0.5, 0.6) is 0 Å². The summed E-state index contributed by atoms with van der Waals surface area (Å²) in [7, 11) is 0. The number of piperidine rings is 1. The normalized spacial score (nSPS) is 30.4. The van der Waals surface area contributed by atoms with Crippen LogP contribution in [0, 0.1) is 5.92 Å². The number of urea groups is 1. The molecule has 0 radical (unpaired) electrons. The Labute approximate surface area is 120 Å². The predicted octanol–water partition coefficient (Wildman–Crippen LogP) is 1.63. The van der Waals surface area contributed by atoms with Gasteiger partial charge in [-0.3, -0.25) is 15.0 Å². The van der Waals surface area contributed by atoms with E-state index in [1.807, 2.05) is 0 Å². The van der Waals surface area contributed by atoms with Crippen LogP contribution < -0.4 is 10.6 Å². The number of likely N-dealkylation sites (tertiary alicyclic amines) is 1. The van der Waals surface area contributed by atoms with E-state index in [9.17, 15) is 9.59 Å². The summed E-state index contributed by atoms with van der Waals surface area (Å²) in [5.74, 6) is 0.611. The van der Waals surface area contributed by atoms with Crippen LogP contribution in [0.1, 0.15) is 51.4 Å². The van der Waals surface area contributed by atoms with Crippen molar-refractivity contribution in [2.45, 2.75) is 63.5 Å². The monoisotopic (exact) mass is 279 g/mol. The van der Waals surface area contributed by atoms with Crippen molar-refractivity contribution >= 4 is 11.9 Å². The highest BCUT2D eigenvalue weighted by atomic mass is 16.2. The van der Waals surface area contributed by atoms with Crippen LogP contribution in [0.4, 0.5) is 4.79 Å². The molecular weight excluding hydrogens is 254 g/mol. The van der Waals surface area contributed by atoms with E-state index in [1.54, 1.807) is 0 Å². The van der Waals surface area contributed by atoms with Crippen LogP contribution >= 0.6 is 0 Å². The molecular formula is C15H25N3O2. The van der Waals surface area contributed by atoms with E-state index < -0.39 is 0 Å². The summed E-state index contributed by atoms with van der Waals surface area (Å²) < 4.78 is 0. The molecule has 112 valence electrons. The fourth-order valence-electron chi connectivity index (χ4n) is 3.72. The Morgan fingerprint density at radius 3 is 2.55 bits per heavy atom. The molecule has 0 bridgehead atoms. The first-order valence-electron chi connectivity index (χ1n) is 8.07. The van der Waals surface area contributed by atoms with E-state index in [0.717, 1.165) is 25.3 Å². The Morgan fingerprint density at radius 2 is 1.75 bits per heavy atom. The number of nitrogens with zero attached hydrogens (tertiary/aromatic N) is 1. The molecule has 1 heterocycles. The van der Waals surface area contributed by atoms with Crippen molar-refractivity contribution < 1.29 is 9.59 Å². The lowest BCUT2D eigenvalue weighted by Gasteiger charge is -2.43. The van der Waals surface area contributed by atoms with Crippen molar-refractivity contribution in [2.24, 2.45) is 5.92 Å². The molecule has 0 aromatic heterocycles. The number of rotatable bonds is 3. The summed E-state index contributed by atoms with van der Waals surface area (Å²) in [6.07, 6.45) is 9.71. The SMILES string of the molecule is O=C(CN1CCC[C@@H]2CCCC[C@@H]21)NC(=O)NC1CC1. The second-order valence-electron chi connectivity index (χ2n) is 6.52. The zero-order valence-electron chi connectivity index (χ0n) is 12.1. The van der Waals surface area contributed by atoms with Gasteiger partial charge in [0.15, 0.2) is 0 Å². The molecule has 2 atom stereocenters. The van der Waals surface area contributed by atoms with E-state index >= 15 is 0 Å².